The summed E-state index contributed by atoms with van der Waals surface area (Å²) in [6.07, 6.45) is 1.14. The molecule has 18 heavy (non-hydrogen) atoms. The molecule has 2 atom stereocenters. The molecule has 0 aliphatic heterocycles. The van der Waals surface area contributed by atoms with Crippen molar-refractivity contribution in [3.63, 3.8) is 0 Å². The van der Waals surface area contributed by atoms with Crippen LogP contribution in [-0.4, -0.2) is 11.2 Å². The predicted octanol–water partition coefficient (Wildman–Crippen LogP) is 4.32. The maximum Gasteiger partial charge on any atom is 0.0733 e. The van der Waals surface area contributed by atoms with Crippen LogP contribution >= 0.6 is 39.9 Å². The lowest BCUT2D eigenvalue weighted by atomic mass is 9.96. The van der Waals surface area contributed by atoms with Crippen molar-refractivity contribution in [2.24, 2.45) is 11.7 Å². The molecule has 0 spiro atoms. The predicted molar refractivity (Wildman–Crippen MR) is 83.4 cm³/mol. The third kappa shape index (κ3) is 5.45. The van der Waals surface area contributed by atoms with Crippen LogP contribution in [-0.2, 0) is 0 Å². The van der Waals surface area contributed by atoms with Gasteiger partial charge in [-0.3, -0.25) is 0 Å². The highest BCUT2D eigenvalue weighted by Crippen LogP contribution is 2.28. The number of nitrogens with two attached hydrogens (primary N) is 1. The average Bonchev–Trinajstić information content (AvgIpc) is 2.28. The number of hydrogen-bond donors (Lipinski definition) is 2. The van der Waals surface area contributed by atoms with Gasteiger partial charge in [0.15, 0.2) is 0 Å². The highest BCUT2D eigenvalue weighted by molar-refractivity contribution is 9.10. The van der Waals surface area contributed by atoms with E-state index in [1.54, 1.807) is 12.1 Å². The second-order valence-corrected chi connectivity index (χ2v) is 6.02. The summed E-state index contributed by atoms with van der Waals surface area (Å²) in [5, 5.41) is 10.7. The van der Waals surface area contributed by atoms with E-state index in [2.05, 4.69) is 29.8 Å². The molecule has 0 fully saturated rings. The molecule has 1 aromatic rings. The molecule has 0 aliphatic carbocycles. The number of halogens is 3. The van der Waals surface area contributed by atoms with Crippen molar-refractivity contribution in [2.75, 3.05) is 0 Å². The third-order valence-corrected chi connectivity index (χ3v) is 3.73. The standard InChI is InChI=1S/C13H19BrClNO.ClH/c1-8(2)3-6-12(17)13(16)10-7-9(15)4-5-11(10)14;/h4-5,7-8,12-13,17H,3,6,16H2,1-2H3;1H/t12-,13+;/m1./s1. The second-order valence-electron chi connectivity index (χ2n) is 4.73. The summed E-state index contributed by atoms with van der Waals surface area (Å²) in [5.74, 6) is 0.569. The van der Waals surface area contributed by atoms with Gasteiger partial charge in [0.2, 0.25) is 0 Å². The van der Waals surface area contributed by atoms with Crippen LogP contribution in [0.5, 0.6) is 0 Å². The SMILES string of the molecule is CC(C)CC[C@@H](O)[C@@H](N)c1cc(Cl)ccc1Br.Cl. The van der Waals surface area contributed by atoms with Crippen molar-refractivity contribution in [1.82, 2.24) is 0 Å². The molecule has 5 heteroatoms. The van der Waals surface area contributed by atoms with Gasteiger partial charge in [-0.2, -0.15) is 0 Å². The lowest BCUT2D eigenvalue weighted by molar-refractivity contribution is 0.128. The van der Waals surface area contributed by atoms with E-state index in [0.717, 1.165) is 16.5 Å². The smallest absolute Gasteiger partial charge is 0.0733 e. The zero-order chi connectivity index (χ0) is 13.0. The molecule has 0 amide bonds. The van der Waals surface area contributed by atoms with Crippen molar-refractivity contribution in [3.05, 3.63) is 33.3 Å². The number of benzene rings is 1. The Balaban J connectivity index is 0.00000289. The Labute approximate surface area is 128 Å². The van der Waals surface area contributed by atoms with Crippen LogP contribution in [0.3, 0.4) is 0 Å². The molecule has 1 aromatic carbocycles. The van der Waals surface area contributed by atoms with E-state index in [9.17, 15) is 5.11 Å². The van der Waals surface area contributed by atoms with Gasteiger partial charge in [-0.25, -0.2) is 0 Å². The van der Waals surface area contributed by atoms with E-state index in [-0.39, 0.29) is 12.4 Å². The lowest BCUT2D eigenvalue weighted by Crippen LogP contribution is -2.26. The number of rotatable bonds is 5. The molecule has 0 unspecified atom stereocenters. The topological polar surface area (TPSA) is 46.2 Å². The fourth-order valence-corrected chi connectivity index (χ4v) is 2.35. The first kappa shape index (κ1) is 18.2. The Bertz CT molecular complexity index is 374. The molecule has 104 valence electrons. The average molecular weight is 357 g/mol. The van der Waals surface area contributed by atoms with Crippen LogP contribution < -0.4 is 5.73 Å². The Morgan fingerprint density at radius 1 is 1.33 bits per heavy atom. The molecule has 1 rings (SSSR count). The minimum absolute atomic E-state index is 0. The summed E-state index contributed by atoms with van der Waals surface area (Å²) in [6, 6.07) is 5.05. The van der Waals surface area contributed by atoms with E-state index < -0.39 is 12.1 Å². The fourth-order valence-electron chi connectivity index (χ4n) is 1.66. The fraction of sp³-hybridized carbons (Fsp3) is 0.538. The van der Waals surface area contributed by atoms with Gasteiger partial charge in [-0.05, 0) is 42.5 Å². The van der Waals surface area contributed by atoms with Gasteiger partial charge < -0.3 is 10.8 Å². The zero-order valence-corrected chi connectivity index (χ0v) is 13.7. The minimum atomic E-state index is -0.535. The van der Waals surface area contributed by atoms with E-state index in [0.29, 0.717) is 17.4 Å². The number of aliphatic hydroxyl groups excluding tert-OH is 1. The molecule has 2 nitrogen and oxygen atoms in total. The van der Waals surface area contributed by atoms with Crippen LogP contribution in [0.2, 0.25) is 5.02 Å². The summed E-state index contributed by atoms with van der Waals surface area (Å²) >= 11 is 9.36. The monoisotopic (exact) mass is 355 g/mol. The normalized spacial score (nSPS) is 14.2. The molecule has 0 bridgehead atoms. The Kier molecular flexibility index (Phi) is 8.48. The molecule has 0 radical (unpaired) electrons. The van der Waals surface area contributed by atoms with Crippen molar-refractivity contribution >= 4 is 39.9 Å². The van der Waals surface area contributed by atoms with Crippen molar-refractivity contribution < 1.29 is 5.11 Å². The molecular formula is C13H20BrCl2NO. The largest absolute Gasteiger partial charge is 0.391 e. The maximum atomic E-state index is 10.0. The van der Waals surface area contributed by atoms with E-state index >= 15 is 0 Å². The summed E-state index contributed by atoms with van der Waals surface area (Å²) in [6.45, 7) is 4.26. The first-order chi connectivity index (χ1) is 7.91. The quantitative estimate of drug-likeness (QED) is 0.825. The van der Waals surface area contributed by atoms with Gasteiger partial charge in [0, 0.05) is 9.50 Å². The molecule has 0 saturated carbocycles. The number of hydrogen-bond acceptors (Lipinski definition) is 2. The summed E-state index contributed by atoms with van der Waals surface area (Å²) in [4.78, 5) is 0. The van der Waals surface area contributed by atoms with Crippen LogP contribution in [0.25, 0.3) is 0 Å². The summed E-state index contributed by atoms with van der Waals surface area (Å²) in [7, 11) is 0. The molecule has 0 heterocycles. The highest BCUT2D eigenvalue weighted by atomic mass is 79.9. The molecule has 0 aromatic heterocycles. The van der Waals surface area contributed by atoms with E-state index in [1.807, 2.05) is 6.07 Å². The Hall–Kier alpha value is 0.200. The van der Waals surface area contributed by atoms with Gasteiger partial charge in [-0.15, -0.1) is 12.4 Å². The van der Waals surface area contributed by atoms with Crippen molar-refractivity contribution in [2.45, 2.75) is 38.8 Å². The lowest BCUT2D eigenvalue weighted by Gasteiger charge is -2.21. The van der Waals surface area contributed by atoms with Crippen LogP contribution in [0.1, 0.15) is 38.3 Å². The Morgan fingerprint density at radius 3 is 2.50 bits per heavy atom. The third-order valence-electron chi connectivity index (χ3n) is 2.77. The first-order valence-corrected chi connectivity index (χ1v) is 6.97. The van der Waals surface area contributed by atoms with Gasteiger partial charge in [0.1, 0.15) is 0 Å². The molecular weight excluding hydrogens is 337 g/mol. The molecule has 0 saturated heterocycles. The van der Waals surface area contributed by atoms with Gasteiger partial charge >= 0.3 is 0 Å². The minimum Gasteiger partial charge on any atom is -0.391 e. The highest BCUT2D eigenvalue weighted by Gasteiger charge is 2.19. The number of aliphatic hydroxyl groups is 1. The van der Waals surface area contributed by atoms with Gasteiger partial charge in [0.25, 0.3) is 0 Å². The Morgan fingerprint density at radius 2 is 1.94 bits per heavy atom. The van der Waals surface area contributed by atoms with E-state index in [1.165, 1.54) is 0 Å². The zero-order valence-electron chi connectivity index (χ0n) is 10.6. The van der Waals surface area contributed by atoms with Crippen molar-refractivity contribution in [3.8, 4) is 0 Å². The summed E-state index contributed by atoms with van der Waals surface area (Å²) in [5.41, 5.74) is 6.91. The summed E-state index contributed by atoms with van der Waals surface area (Å²) < 4.78 is 0.887. The second kappa shape index (κ2) is 8.39. The first-order valence-electron chi connectivity index (χ1n) is 5.80. The van der Waals surface area contributed by atoms with Crippen LogP contribution in [0.15, 0.2) is 22.7 Å². The van der Waals surface area contributed by atoms with E-state index in [4.69, 9.17) is 17.3 Å². The molecule has 3 N–H and O–H groups in total. The van der Waals surface area contributed by atoms with Crippen molar-refractivity contribution in [1.29, 1.82) is 0 Å². The molecule has 0 aliphatic rings. The van der Waals surface area contributed by atoms with Crippen LogP contribution in [0, 0.1) is 5.92 Å². The van der Waals surface area contributed by atoms with Gasteiger partial charge in [0.05, 0.1) is 12.1 Å². The van der Waals surface area contributed by atoms with Gasteiger partial charge in [-0.1, -0.05) is 41.4 Å². The van der Waals surface area contributed by atoms with Crippen LogP contribution in [0.4, 0.5) is 0 Å². The maximum absolute atomic E-state index is 10.0.